The van der Waals surface area contributed by atoms with Gasteiger partial charge < -0.3 is 4.98 Å². The molecular weight excluding hydrogens is 160 g/mol. The van der Waals surface area contributed by atoms with Gasteiger partial charge in [-0.05, 0) is 6.08 Å². The molecule has 0 spiro atoms. The second kappa shape index (κ2) is 4.74. The minimum atomic E-state index is 0. The van der Waals surface area contributed by atoms with Crippen molar-refractivity contribution in [1.29, 1.82) is 0 Å². The molecule has 0 atom stereocenters. The summed E-state index contributed by atoms with van der Waals surface area (Å²) in [5, 5.41) is 0. The first-order valence-corrected chi connectivity index (χ1v) is 3.14. The molecule has 2 nitrogen and oxygen atoms in total. The van der Waals surface area contributed by atoms with Crippen LogP contribution in [0.5, 0.6) is 0 Å². The number of aromatic nitrogens is 2. The van der Waals surface area contributed by atoms with Gasteiger partial charge in [0, 0.05) is 18.3 Å². The standard InChI is InChI=1S/C8H10N2.ClH/c1-3-5-7-6-9-8(4-2)10-7;/h3-4,6H,1-2,5H2,(H,9,10);1H. The molecule has 0 unspecified atom stereocenters. The molecule has 1 aromatic rings. The Morgan fingerprint density at radius 1 is 1.55 bits per heavy atom. The first-order valence-electron chi connectivity index (χ1n) is 3.14. The van der Waals surface area contributed by atoms with Crippen LogP contribution in [0.15, 0.2) is 25.4 Å². The summed E-state index contributed by atoms with van der Waals surface area (Å²) in [5.74, 6) is 0.817. The van der Waals surface area contributed by atoms with Gasteiger partial charge in [-0.25, -0.2) is 4.98 Å². The number of H-pyrrole nitrogens is 1. The Hall–Kier alpha value is -1.02. The SMILES string of the molecule is C=CCc1cnc(C=C)[nH]1.Cl. The summed E-state index contributed by atoms with van der Waals surface area (Å²) in [6.07, 6.45) is 6.15. The molecule has 0 saturated heterocycles. The Balaban J connectivity index is 0.000001000. The summed E-state index contributed by atoms with van der Waals surface area (Å²) in [5.41, 5.74) is 1.07. The van der Waals surface area contributed by atoms with Gasteiger partial charge in [0.1, 0.15) is 5.82 Å². The number of allylic oxidation sites excluding steroid dienone is 1. The maximum absolute atomic E-state index is 4.03. The van der Waals surface area contributed by atoms with E-state index in [9.17, 15) is 0 Å². The number of nitrogens with zero attached hydrogens (tertiary/aromatic N) is 1. The number of hydrogen-bond acceptors (Lipinski definition) is 1. The van der Waals surface area contributed by atoms with Gasteiger partial charge in [-0.15, -0.1) is 19.0 Å². The predicted molar refractivity (Wildman–Crippen MR) is 49.8 cm³/mol. The molecule has 0 radical (unpaired) electrons. The summed E-state index contributed by atoms with van der Waals surface area (Å²) < 4.78 is 0. The Bertz CT molecular complexity index is 240. The van der Waals surface area contributed by atoms with Crippen LogP contribution in [0.1, 0.15) is 11.5 Å². The molecule has 0 aromatic carbocycles. The molecule has 1 heterocycles. The fraction of sp³-hybridized carbons (Fsp3) is 0.125. The van der Waals surface area contributed by atoms with Crippen molar-refractivity contribution >= 4 is 18.5 Å². The lowest BCUT2D eigenvalue weighted by atomic mass is 10.3. The van der Waals surface area contributed by atoms with E-state index in [1.807, 2.05) is 6.08 Å². The smallest absolute Gasteiger partial charge is 0.129 e. The molecule has 0 aliphatic rings. The van der Waals surface area contributed by atoms with Crippen LogP contribution in [0.4, 0.5) is 0 Å². The van der Waals surface area contributed by atoms with Gasteiger partial charge in [-0.1, -0.05) is 12.7 Å². The van der Waals surface area contributed by atoms with Crippen LogP contribution >= 0.6 is 12.4 Å². The Morgan fingerprint density at radius 3 is 2.73 bits per heavy atom. The van der Waals surface area contributed by atoms with Crippen LogP contribution in [0.3, 0.4) is 0 Å². The van der Waals surface area contributed by atoms with Crippen LogP contribution < -0.4 is 0 Å². The van der Waals surface area contributed by atoms with Crippen LogP contribution in [0, 0.1) is 0 Å². The van der Waals surface area contributed by atoms with Crippen molar-refractivity contribution in [2.45, 2.75) is 6.42 Å². The first kappa shape index (κ1) is 9.98. The van der Waals surface area contributed by atoms with Crippen molar-refractivity contribution in [1.82, 2.24) is 9.97 Å². The van der Waals surface area contributed by atoms with Crippen LogP contribution in [0.25, 0.3) is 6.08 Å². The second-order valence-electron chi connectivity index (χ2n) is 1.99. The molecular formula is C8H11ClN2. The van der Waals surface area contributed by atoms with E-state index in [1.54, 1.807) is 12.3 Å². The van der Waals surface area contributed by atoms with Crippen molar-refractivity contribution in [2.24, 2.45) is 0 Å². The molecule has 11 heavy (non-hydrogen) atoms. The second-order valence-corrected chi connectivity index (χ2v) is 1.99. The van der Waals surface area contributed by atoms with Crippen molar-refractivity contribution in [2.75, 3.05) is 0 Å². The van der Waals surface area contributed by atoms with E-state index in [0.29, 0.717) is 0 Å². The van der Waals surface area contributed by atoms with E-state index in [1.165, 1.54) is 0 Å². The van der Waals surface area contributed by atoms with Crippen molar-refractivity contribution in [3.63, 3.8) is 0 Å². The molecule has 0 fully saturated rings. The Kier molecular flexibility index (Phi) is 4.30. The number of hydrogen-bond donors (Lipinski definition) is 1. The monoisotopic (exact) mass is 170 g/mol. The van der Waals surface area contributed by atoms with Crippen molar-refractivity contribution < 1.29 is 0 Å². The minimum absolute atomic E-state index is 0. The highest BCUT2D eigenvalue weighted by molar-refractivity contribution is 5.85. The molecule has 3 heteroatoms. The van der Waals surface area contributed by atoms with E-state index >= 15 is 0 Å². The van der Waals surface area contributed by atoms with Gasteiger partial charge in [0.05, 0.1) is 0 Å². The lowest BCUT2D eigenvalue weighted by molar-refractivity contribution is 1.14. The van der Waals surface area contributed by atoms with Crippen molar-refractivity contribution in [3.8, 4) is 0 Å². The maximum Gasteiger partial charge on any atom is 0.129 e. The molecule has 60 valence electrons. The summed E-state index contributed by atoms with van der Waals surface area (Å²) in [6.45, 7) is 7.20. The van der Waals surface area contributed by atoms with Crippen LogP contribution in [-0.2, 0) is 6.42 Å². The maximum atomic E-state index is 4.03. The molecule has 0 saturated carbocycles. The summed E-state index contributed by atoms with van der Waals surface area (Å²) in [4.78, 5) is 7.10. The van der Waals surface area contributed by atoms with Crippen LogP contribution in [0.2, 0.25) is 0 Å². The topological polar surface area (TPSA) is 28.7 Å². The quantitative estimate of drug-likeness (QED) is 0.693. The summed E-state index contributed by atoms with van der Waals surface area (Å²) >= 11 is 0. The zero-order valence-electron chi connectivity index (χ0n) is 6.21. The number of imidazole rings is 1. The van der Waals surface area contributed by atoms with Crippen molar-refractivity contribution in [3.05, 3.63) is 36.9 Å². The molecule has 0 bridgehead atoms. The zero-order chi connectivity index (χ0) is 7.40. The number of aromatic amines is 1. The average Bonchev–Trinajstić information content (AvgIpc) is 2.37. The van der Waals surface area contributed by atoms with E-state index in [-0.39, 0.29) is 12.4 Å². The molecule has 1 aromatic heterocycles. The fourth-order valence-corrected chi connectivity index (χ4v) is 0.739. The lowest BCUT2D eigenvalue weighted by Crippen LogP contribution is -1.78. The summed E-state index contributed by atoms with van der Waals surface area (Å²) in [6, 6.07) is 0. The van der Waals surface area contributed by atoms with Gasteiger partial charge in [-0.2, -0.15) is 0 Å². The highest BCUT2D eigenvalue weighted by Gasteiger charge is 1.92. The number of rotatable bonds is 3. The molecule has 1 rings (SSSR count). The van der Waals surface area contributed by atoms with E-state index < -0.39 is 0 Å². The highest BCUT2D eigenvalue weighted by Crippen LogP contribution is 1.98. The minimum Gasteiger partial charge on any atom is -0.342 e. The van der Waals surface area contributed by atoms with Gasteiger partial charge in [-0.3, -0.25) is 0 Å². The normalized spacial score (nSPS) is 8.36. The van der Waals surface area contributed by atoms with Gasteiger partial charge >= 0.3 is 0 Å². The summed E-state index contributed by atoms with van der Waals surface area (Å²) in [7, 11) is 0. The van der Waals surface area contributed by atoms with Gasteiger partial charge in [0.2, 0.25) is 0 Å². The lowest BCUT2D eigenvalue weighted by Gasteiger charge is -1.84. The number of halogens is 1. The van der Waals surface area contributed by atoms with Gasteiger partial charge in [0.25, 0.3) is 0 Å². The average molecular weight is 171 g/mol. The Labute approximate surface area is 72.5 Å². The molecule has 0 amide bonds. The third-order valence-corrected chi connectivity index (χ3v) is 1.21. The third kappa shape index (κ3) is 2.60. The molecule has 1 N–H and O–H groups in total. The van der Waals surface area contributed by atoms with E-state index in [2.05, 4.69) is 23.1 Å². The van der Waals surface area contributed by atoms with E-state index in [0.717, 1.165) is 17.9 Å². The molecule has 0 aliphatic carbocycles. The Morgan fingerprint density at radius 2 is 2.27 bits per heavy atom. The van der Waals surface area contributed by atoms with E-state index in [4.69, 9.17) is 0 Å². The number of nitrogens with one attached hydrogen (secondary N) is 1. The zero-order valence-corrected chi connectivity index (χ0v) is 7.03. The predicted octanol–water partition coefficient (Wildman–Crippen LogP) is 2.20. The molecule has 0 aliphatic heterocycles. The van der Waals surface area contributed by atoms with Crippen LogP contribution in [-0.4, -0.2) is 9.97 Å². The van der Waals surface area contributed by atoms with Gasteiger partial charge in [0.15, 0.2) is 0 Å². The first-order chi connectivity index (χ1) is 4.86. The highest BCUT2D eigenvalue weighted by atomic mass is 35.5. The largest absolute Gasteiger partial charge is 0.342 e. The third-order valence-electron chi connectivity index (χ3n) is 1.21. The fourth-order valence-electron chi connectivity index (χ4n) is 0.739.